The Kier molecular flexibility index (Phi) is 6.69. The van der Waals surface area contributed by atoms with E-state index in [0.29, 0.717) is 6.61 Å². The Balaban J connectivity index is 1.45. The summed E-state index contributed by atoms with van der Waals surface area (Å²) in [5.41, 5.74) is 6.10. The molecule has 0 saturated carbocycles. The van der Waals surface area contributed by atoms with Crippen molar-refractivity contribution in [3.05, 3.63) is 78.0 Å². The van der Waals surface area contributed by atoms with Crippen molar-refractivity contribution in [1.29, 1.82) is 0 Å². The number of carbonyl (C=O) groups excluding carboxylic acids is 2. The van der Waals surface area contributed by atoms with Gasteiger partial charge in [-0.3, -0.25) is 9.59 Å². The first-order valence-electron chi connectivity index (χ1n) is 10.9. The molecule has 0 bridgehead atoms. The number of ether oxygens (including phenoxy) is 1. The Labute approximate surface area is 192 Å². The van der Waals surface area contributed by atoms with Gasteiger partial charge in [-0.25, -0.2) is 5.43 Å². The molecule has 7 nitrogen and oxygen atoms in total. The van der Waals surface area contributed by atoms with Crippen LogP contribution in [0.4, 0.5) is 5.69 Å². The van der Waals surface area contributed by atoms with Crippen LogP contribution in [0.15, 0.2) is 71.8 Å². The summed E-state index contributed by atoms with van der Waals surface area (Å²) in [5, 5.41) is 10.4. The molecule has 0 aliphatic rings. The molecule has 2 N–H and O–H groups in total. The summed E-state index contributed by atoms with van der Waals surface area (Å²) >= 11 is 0. The van der Waals surface area contributed by atoms with Gasteiger partial charge in [-0.1, -0.05) is 54.6 Å². The number of rotatable bonds is 8. The third-order valence-electron chi connectivity index (χ3n) is 5.48. The third-order valence-corrected chi connectivity index (χ3v) is 5.48. The first-order valence-corrected chi connectivity index (χ1v) is 10.9. The average molecular weight is 443 g/mol. The number of hydrogen-bond acceptors (Lipinski definition) is 5. The standard InChI is InChI=1S/C26H26N4O3/c1-3-33-26(32)17-30-18(2)22(21-12-6-7-14-24(21)30)15-28-29-25(31)16-27-23-13-8-10-19-9-4-5-11-20(19)23/h4-15,27H,3,16-17H2,1-2H3,(H,29,31)/b28-15-. The molecule has 0 aliphatic heterocycles. The second kappa shape index (κ2) is 9.99. The number of esters is 1. The molecule has 1 heterocycles. The highest BCUT2D eigenvalue weighted by atomic mass is 16.5. The highest BCUT2D eigenvalue weighted by Gasteiger charge is 2.15. The van der Waals surface area contributed by atoms with E-state index in [1.54, 1.807) is 13.1 Å². The smallest absolute Gasteiger partial charge is 0.325 e. The number of anilines is 1. The molecule has 7 heteroatoms. The van der Waals surface area contributed by atoms with E-state index in [-0.39, 0.29) is 25.0 Å². The molecule has 0 atom stereocenters. The molecule has 0 saturated heterocycles. The first kappa shape index (κ1) is 22.1. The Morgan fingerprint density at radius 3 is 2.55 bits per heavy atom. The van der Waals surface area contributed by atoms with Crippen LogP contribution in [0, 0.1) is 6.92 Å². The van der Waals surface area contributed by atoms with Crippen molar-refractivity contribution in [1.82, 2.24) is 9.99 Å². The second-order valence-electron chi connectivity index (χ2n) is 7.58. The molecule has 0 radical (unpaired) electrons. The maximum absolute atomic E-state index is 12.4. The third kappa shape index (κ3) is 4.87. The first-order chi connectivity index (χ1) is 16.1. The number of fused-ring (bicyclic) bond motifs is 2. The van der Waals surface area contributed by atoms with Crippen molar-refractivity contribution < 1.29 is 14.3 Å². The summed E-state index contributed by atoms with van der Waals surface area (Å²) in [4.78, 5) is 24.4. The lowest BCUT2D eigenvalue weighted by atomic mass is 10.1. The summed E-state index contributed by atoms with van der Waals surface area (Å²) in [6.07, 6.45) is 1.62. The van der Waals surface area contributed by atoms with Crippen LogP contribution >= 0.6 is 0 Å². The van der Waals surface area contributed by atoms with Gasteiger partial charge in [-0.15, -0.1) is 0 Å². The summed E-state index contributed by atoms with van der Waals surface area (Å²) < 4.78 is 7.01. The van der Waals surface area contributed by atoms with Crippen LogP contribution in [0.5, 0.6) is 0 Å². The molecular weight excluding hydrogens is 416 g/mol. The summed E-state index contributed by atoms with van der Waals surface area (Å²) in [6, 6.07) is 21.7. The Bertz CT molecular complexity index is 1330. The maximum Gasteiger partial charge on any atom is 0.325 e. The van der Waals surface area contributed by atoms with Gasteiger partial charge in [-0.2, -0.15) is 5.10 Å². The van der Waals surface area contributed by atoms with Crippen molar-refractivity contribution in [2.45, 2.75) is 20.4 Å². The molecule has 0 spiro atoms. The second-order valence-corrected chi connectivity index (χ2v) is 7.58. The molecule has 0 unspecified atom stereocenters. The van der Waals surface area contributed by atoms with Crippen LogP contribution in [-0.4, -0.2) is 35.8 Å². The SMILES string of the molecule is CCOC(=O)Cn1c(C)c(/C=N\NC(=O)CNc2cccc3ccccc23)c2ccccc21. The van der Waals surface area contributed by atoms with Crippen LogP contribution in [0.3, 0.4) is 0 Å². The fraction of sp³-hybridized carbons (Fsp3) is 0.192. The average Bonchev–Trinajstić information content (AvgIpc) is 3.09. The van der Waals surface area contributed by atoms with Gasteiger partial charge in [0.25, 0.3) is 5.91 Å². The van der Waals surface area contributed by atoms with Crippen molar-refractivity contribution in [2.24, 2.45) is 5.10 Å². The molecule has 3 aromatic carbocycles. The number of benzene rings is 3. The highest BCUT2D eigenvalue weighted by molar-refractivity contribution is 6.02. The molecule has 168 valence electrons. The molecule has 4 rings (SSSR count). The van der Waals surface area contributed by atoms with E-state index >= 15 is 0 Å². The molecule has 0 aliphatic carbocycles. The Hall–Kier alpha value is -4.13. The van der Waals surface area contributed by atoms with Gasteiger partial charge in [0.15, 0.2) is 0 Å². The lowest BCUT2D eigenvalue weighted by molar-refractivity contribution is -0.143. The van der Waals surface area contributed by atoms with Crippen molar-refractivity contribution in [3.8, 4) is 0 Å². The van der Waals surface area contributed by atoms with Gasteiger partial charge in [-0.05, 0) is 31.4 Å². The van der Waals surface area contributed by atoms with Crippen LogP contribution < -0.4 is 10.7 Å². The van der Waals surface area contributed by atoms with Gasteiger partial charge in [0, 0.05) is 33.2 Å². The summed E-state index contributed by atoms with van der Waals surface area (Å²) in [5.74, 6) is -0.551. The summed E-state index contributed by atoms with van der Waals surface area (Å²) in [7, 11) is 0. The zero-order chi connectivity index (χ0) is 23.2. The minimum atomic E-state index is -0.294. The van der Waals surface area contributed by atoms with Gasteiger partial charge >= 0.3 is 5.97 Å². The number of carbonyl (C=O) groups is 2. The van der Waals surface area contributed by atoms with Crippen LogP contribution in [0.25, 0.3) is 21.7 Å². The minimum Gasteiger partial charge on any atom is -0.465 e. The number of aromatic nitrogens is 1. The van der Waals surface area contributed by atoms with E-state index in [1.807, 2.05) is 78.2 Å². The minimum absolute atomic E-state index is 0.0922. The normalized spacial score (nSPS) is 11.2. The van der Waals surface area contributed by atoms with Crippen molar-refractivity contribution >= 4 is 45.5 Å². The lowest BCUT2D eigenvalue weighted by Gasteiger charge is -2.09. The predicted molar refractivity (Wildman–Crippen MR) is 131 cm³/mol. The van der Waals surface area contributed by atoms with Gasteiger partial charge < -0.3 is 14.6 Å². The van der Waals surface area contributed by atoms with E-state index in [9.17, 15) is 9.59 Å². The van der Waals surface area contributed by atoms with Gasteiger partial charge in [0.05, 0.1) is 19.4 Å². The highest BCUT2D eigenvalue weighted by Crippen LogP contribution is 2.25. The largest absolute Gasteiger partial charge is 0.465 e. The van der Waals surface area contributed by atoms with E-state index in [2.05, 4.69) is 15.8 Å². The van der Waals surface area contributed by atoms with Crippen LogP contribution in [0.1, 0.15) is 18.2 Å². The molecule has 0 fully saturated rings. The number of nitrogens with zero attached hydrogens (tertiary/aromatic N) is 2. The van der Waals surface area contributed by atoms with E-state index < -0.39 is 0 Å². The molecular formula is C26H26N4O3. The lowest BCUT2D eigenvalue weighted by Crippen LogP contribution is -2.26. The number of amides is 1. The van der Waals surface area contributed by atoms with Gasteiger partial charge in [0.1, 0.15) is 6.54 Å². The predicted octanol–water partition coefficient (Wildman–Crippen LogP) is 4.23. The van der Waals surface area contributed by atoms with Gasteiger partial charge in [0.2, 0.25) is 0 Å². The van der Waals surface area contributed by atoms with Crippen molar-refractivity contribution in [3.63, 3.8) is 0 Å². The van der Waals surface area contributed by atoms with Crippen LogP contribution in [-0.2, 0) is 20.9 Å². The number of nitrogens with one attached hydrogen (secondary N) is 2. The molecule has 4 aromatic rings. The molecule has 33 heavy (non-hydrogen) atoms. The quantitative estimate of drug-likeness (QED) is 0.243. The summed E-state index contributed by atoms with van der Waals surface area (Å²) in [6.45, 7) is 4.26. The molecule has 1 amide bonds. The monoisotopic (exact) mass is 442 g/mol. The Morgan fingerprint density at radius 2 is 1.73 bits per heavy atom. The van der Waals surface area contributed by atoms with E-state index in [0.717, 1.165) is 38.6 Å². The topological polar surface area (TPSA) is 84.7 Å². The number of para-hydroxylation sites is 1. The van der Waals surface area contributed by atoms with E-state index in [4.69, 9.17) is 4.74 Å². The number of hydrogen-bond donors (Lipinski definition) is 2. The number of hydrazone groups is 1. The van der Waals surface area contributed by atoms with Crippen LogP contribution in [0.2, 0.25) is 0 Å². The fourth-order valence-corrected chi connectivity index (χ4v) is 3.92. The Morgan fingerprint density at radius 1 is 1.00 bits per heavy atom. The fourth-order valence-electron chi connectivity index (χ4n) is 3.92. The maximum atomic E-state index is 12.4. The zero-order valence-electron chi connectivity index (χ0n) is 18.7. The van der Waals surface area contributed by atoms with Crippen molar-refractivity contribution in [2.75, 3.05) is 18.5 Å². The molecule has 1 aromatic heterocycles. The zero-order valence-corrected chi connectivity index (χ0v) is 18.7. The van der Waals surface area contributed by atoms with E-state index in [1.165, 1.54) is 0 Å².